The highest BCUT2D eigenvalue weighted by atomic mass is 16.6. The number of ether oxygens (including phenoxy) is 2. The van der Waals surface area contributed by atoms with Crippen molar-refractivity contribution in [1.82, 2.24) is 0 Å². The maximum atomic E-state index is 12.3. The van der Waals surface area contributed by atoms with Crippen LogP contribution in [0, 0.1) is 5.92 Å². The van der Waals surface area contributed by atoms with Crippen LogP contribution in [-0.4, -0.2) is 37.6 Å². The van der Waals surface area contributed by atoms with Gasteiger partial charge < -0.3 is 9.47 Å². The molecule has 1 aliphatic carbocycles. The first-order chi connectivity index (χ1) is 10.7. The van der Waals surface area contributed by atoms with Crippen LogP contribution in [0.1, 0.15) is 36.7 Å². The molecule has 1 amide bonds. The predicted molar refractivity (Wildman–Crippen MR) is 84.6 cm³/mol. The summed E-state index contributed by atoms with van der Waals surface area (Å²) >= 11 is 0. The van der Waals surface area contributed by atoms with Gasteiger partial charge in [0, 0.05) is 12.6 Å². The molecule has 1 aliphatic rings. The van der Waals surface area contributed by atoms with Gasteiger partial charge in [-0.2, -0.15) is 0 Å². The third-order valence-electron chi connectivity index (χ3n) is 3.66. The van der Waals surface area contributed by atoms with Crippen LogP contribution in [0.5, 0.6) is 0 Å². The summed E-state index contributed by atoms with van der Waals surface area (Å²) in [6.07, 6.45) is -0.288. The van der Waals surface area contributed by atoms with E-state index >= 15 is 0 Å². The van der Waals surface area contributed by atoms with Crippen LogP contribution in [0.15, 0.2) is 18.2 Å². The van der Waals surface area contributed by atoms with Gasteiger partial charge in [0.15, 0.2) is 5.78 Å². The number of carbonyl (C=O) groups excluding carboxylic acids is 3. The van der Waals surface area contributed by atoms with Crippen LogP contribution in [-0.2, 0) is 20.7 Å². The second-order valence-electron chi connectivity index (χ2n) is 6.49. The van der Waals surface area contributed by atoms with Crippen molar-refractivity contribution in [3.8, 4) is 0 Å². The molecule has 2 rings (SSSR count). The number of ketones is 1. The Labute approximate surface area is 135 Å². The summed E-state index contributed by atoms with van der Waals surface area (Å²) in [4.78, 5) is 37.7. The van der Waals surface area contributed by atoms with Gasteiger partial charge in [0.1, 0.15) is 11.5 Å². The first-order valence-corrected chi connectivity index (χ1v) is 7.36. The van der Waals surface area contributed by atoms with Crippen LogP contribution in [0.4, 0.5) is 10.5 Å². The molecule has 1 aromatic carbocycles. The molecule has 0 aromatic heterocycles. The molecule has 6 nitrogen and oxygen atoms in total. The van der Waals surface area contributed by atoms with Gasteiger partial charge in [-0.15, -0.1) is 0 Å². The molecule has 0 bridgehead atoms. The Bertz CT molecular complexity index is 659. The average molecular weight is 319 g/mol. The van der Waals surface area contributed by atoms with Crippen LogP contribution in [0.2, 0.25) is 0 Å². The summed E-state index contributed by atoms with van der Waals surface area (Å²) in [6, 6.07) is 5.08. The molecule has 0 saturated carbocycles. The van der Waals surface area contributed by atoms with E-state index in [1.54, 1.807) is 46.0 Å². The smallest absolute Gasteiger partial charge is 0.414 e. The molecular weight excluding hydrogens is 298 g/mol. The maximum Gasteiger partial charge on any atom is 0.414 e. The van der Waals surface area contributed by atoms with Crippen LogP contribution in [0.3, 0.4) is 0 Å². The summed E-state index contributed by atoms with van der Waals surface area (Å²) < 4.78 is 10.0. The Hall–Kier alpha value is -2.37. The molecule has 1 unspecified atom stereocenters. The number of Topliss-reactive ketones (excluding diaryl/α,β-unsaturated/α-hetero) is 1. The summed E-state index contributed by atoms with van der Waals surface area (Å²) in [5, 5.41) is 0. The van der Waals surface area contributed by atoms with E-state index in [1.165, 1.54) is 12.0 Å². The van der Waals surface area contributed by atoms with Crippen molar-refractivity contribution in [2.24, 2.45) is 5.92 Å². The van der Waals surface area contributed by atoms with Crippen molar-refractivity contribution in [2.75, 3.05) is 19.1 Å². The van der Waals surface area contributed by atoms with Gasteiger partial charge in [-0.1, -0.05) is 12.1 Å². The van der Waals surface area contributed by atoms with E-state index < -0.39 is 23.6 Å². The van der Waals surface area contributed by atoms with Gasteiger partial charge >= 0.3 is 12.1 Å². The number of nitrogens with zero attached hydrogens (tertiary/aromatic N) is 1. The third-order valence-corrected chi connectivity index (χ3v) is 3.66. The van der Waals surface area contributed by atoms with Gasteiger partial charge in [0.25, 0.3) is 0 Å². The number of methoxy groups -OCH3 is 1. The molecule has 124 valence electrons. The fourth-order valence-corrected chi connectivity index (χ4v) is 2.58. The predicted octanol–water partition coefficient (Wildman–Crippen LogP) is 2.59. The number of anilines is 1. The van der Waals surface area contributed by atoms with Gasteiger partial charge in [-0.25, -0.2) is 4.79 Å². The lowest BCUT2D eigenvalue weighted by Gasteiger charge is -2.25. The zero-order valence-corrected chi connectivity index (χ0v) is 14.0. The van der Waals surface area contributed by atoms with Crippen LogP contribution < -0.4 is 4.90 Å². The monoisotopic (exact) mass is 319 g/mol. The Morgan fingerprint density at radius 2 is 1.91 bits per heavy atom. The maximum absolute atomic E-state index is 12.3. The van der Waals surface area contributed by atoms with Crippen LogP contribution in [0.25, 0.3) is 0 Å². The third kappa shape index (κ3) is 3.36. The normalized spacial score (nSPS) is 16.7. The topological polar surface area (TPSA) is 72.9 Å². The fourth-order valence-electron chi connectivity index (χ4n) is 2.58. The number of hydrogen-bond acceptors (Lipinski definition) is 5. The lowest BCUT2D eigenvalue weighted by atomic mass is 10.1. The summed E-state index contributed by atoms with van der Waals surface area (Å²) in [7, 11) is 2.84. The fraction of sp³-hybridized carbons (Fsp3) is 0.471. The van der Waals surface area contributed by atoms with Gasteiger partial charge in [0.2, 0.25) is 0 Å². The van der Waals surface area contributed by atoms with Gasteiger partial charge in [-0.05, 0) is 38.8 Å². The molecule has 0 fully saturated rings. The Morgan fingerprint density at radius 3 is 2.48 bits per heavy atom. The first kappa shape index (κ1) is 17.0. The number of hydrogen-bond donors (Lipinski definition) is 0. The molecule has 6 heteroatoms. The molecule has 0 aliphatic heterocycles. The number of fused-ring (bicyclic) bond motifs is 1. The lowest BCUT2D eigenvalue weighted by molar-refractivity contribution is -0.143. The Kier molecular flexibility index (Phi) is 4.45. The minimum absolute atomic E-state index is 0.226. The molecule has 0 radical (unpaired) electrons. The minimum atomic E-state index is -0.844. The Morgan fingerprint density at radius 1 is 1.26 bits per heavy atom. The van der Waals surface area contributed by atoms with Gasteiger partial charge in [0.05, 0.1) is 12.8 Å². The zero-order chi connectivity index (χ0) is 17.4. The number of rotatable bonds is 2. The second kappa shape index (κ2) is 6.02. The summed E-state index contributed by atoms with van der Waals surface area (Å²) in [5.74, 6) is -1.67. The molecule has 1 atom stereocenters. The van der Waals surface area contributed by atoms with E-state index in [0.29, 0.717) is 16.8 Å². The van der Waals surface area contributed by atoms with Crippen molar-refractivity contribution in [3.63, 3.8) is 0 Å². The highest BCUT2D eigenvalue weighted by molar-refractivity contribution is 6.13. The number of carbonyl (C=O) groups is 3. The van der Waals surface area contributed by atoms with E-state index in [0.717, 1.165) is 0 Å². The van der Waals surface area contributed by atoms with E-state index in [4.69, 9.17) is 4.74 Å². The van der Waals surface area contributed by atoms with Crippen molar-refractivity contribution in [3.05, 3.63) is 29.3 Å². The van der Waals surface area contributed by atoms with E-state index in [-0.39, 0.29) is 12.2 Å². The molecular formula is C17H21NO5. The second-order valence-corrected chi connectivity index (χ2v) is 6.49. The number of amides is 1. The van der Waals surface area contributed by atoms with Crippen molar-refractivity contribution < 1.29 is 23.9 Å². The van der Waals surface area contributed by atoms with Crippen molar-refractivity contribution >= 4 is 23.5 Å². The highest BCUT2D eigenvalue weighted by Gasteiger charge is 2.39. The summed E-state index contributed by atoms with van der Waals surface area (Å²) in [6.45, 7) is 5.35. The van der Waals surface area contributed by atoms with E-state index in [2.05, 4.69) is 4.74 Å². The molecule has 1 aromatic rings. The number of benzene rings is 1. The zero-order valence-electron chi connectivity index (χ0n) is 14.0. The van der Waals surface area contributed by atoms with Crippen molar-refractivity contribution in [1.29, 1.82) is 0 Å². The molecule has 0 N–H and O–H groups in total. The first-order valence-electron chi connectivity index (χ1n) is 7.36. The SMILES string of the molecule is COC(=O)C1Cc2c(cccc2N(C)C(=O)OC(C)(C)C)C1=O. The van der Waals surface area contributed by atoms with Crippen LogP contribution >= 0.6 is 0 Å². The Balaban J connectivity index is 2.33. The standard InChI is InChI=1S/C17H21NO5/c1-17(2,3)23-16(21)18(4)13-8-6-7-10-11(13)9-12(14(10)19)15(20)22-5/h6-8,12H,9H2,1-5H3. The van der Waals surface area contributed by atoms with E-state index in [9.17, 15) is 14.4 Å². The van der Waals surface area contributed by atoms with Crippen molar-refractivity contribution in [2.45, 2.75) is 32.8 Å². The average Bonchev–Trinajstić information content (AvgIpc) is 2.81. The highest BCUT2D eigenvalue weighted by Crippen LogP contribution is 2.35. The van der Waals surface area contributed by atoms with Gasteiger partial charge in [-0.3, -0.25) is 14.5 Å². The summed E-state index contributed by atoms with van der Waals surface area (Å²) in [5.41, 5.74) is 1.07. The molecule has 0 spiro atoms. The largest absolute Gasteiger partial charge is 0.468 e. The quantitative estimate of drug-likeness (QED) is 0.619. The van der Waals surface area contributed by atoms with E-state index in [1.807, 2.05) is 0 Å². The minimum Gasteiger partial charge on any atom is -0.468 e. The molecule has 23 heavy (non-hydrogen) atoms. The molecule has 0 saturated heterocycles. The molecule has 0 heterocycles. The number of esters is 1. The lowest BCUT2D eigenvalue weighted by Crippen LogP contribution is -2.34.